The second-order valence-electron chi connectivity index (χ2n) is 18.1. The van der Waals surface area contributed by atoms with Crippen molar-refractivity contribution in [3.05, 3.63) is 160 Å². The maximum absolute atomic E-state index is 14.0. The minimum Gasteiger partial charge on any atom is -0.443 e. The number of hydrogen-bond acceptors (Lipinski definition) is 23. The molecule has 31 nitrogen and oxygen atoms in total. The van der Waals surface area contributed by atoms with Crippen LogP contribution >= 0.6 is 22.7 Å². The average molecular weight is 1230 g/mol. The largest absolute Gasteiger partial charge is 0.443 e. The molecule has 1 unspecified atom stereocenters. The highest BCUT2D eigenvalue weighted by Crippen LogP contribution is 2.34. The van der Waals surface area contributed by atoms with Gasteiger partial charge in [0.1, 0.15) is 73.7 Å². The van der Waals surface area contributed by atoms with E-state index >= 15 is 0 Å². The van der Waals surface area contributed by atoms with Gasteiger partial charge in [-0.05, 0) is 46.2 Å². The molecule has 33 heteroatoms. The monoisotopic (exact) mass is 1230 g/mol. The number of aryl methyl sites for hydroxylation is 2. The average Bonchev–Trinajstić information content (AvgIpc) is 2.86. The molecule has 10 amide bonds. The van der Waals surface area contributed by atoms with E-state index in [2.05, 4.69) is 105 Å². The minimum atomic E-state index is -1.65. The highest BCUT2D eigenvalue weighted by atomic mass is 32.1. The number of allylic oxidation sites excluding steroid dienone is 2. The van der Waals surface area contributed by atoms with Crippen LogP contribution in [0.25, 0.3) is 39.1 Å². The molecular formula is C54H52N16O15S2. The number of primary amides is 1. The Bertz CT molecular complexity index is 3990. The van der Waals surface area contributed by atoms with Crippen LogP contribution < -0.4 is 53.6 Å². The van der Waals surface area contributed by atoms with Crippen molar-refractivity contribution in [3.8, 4) is 22.0 Å². The number of amides is 10. The van der Waals surface area contributed by atoms with Crippen LogP contribution in [0.5, 0.6) is 0 Å². The number of pyridine rings is 1. The lowest BCUT2D eigenvalue weighted by molar-refractivity contribution is -0.124. The van der Waals surface area contributed by atoms with Gasteiger partial charge in [0, 0.05) is 23.4 Å². The first kappa shape index (κ1) is 63.4. The van der Waals surface area contributed by atoms with Crippen molar-refractivity contribution in [1.82, 2.24) is 77.8 Å². The molecule has 0 radical (unpaired) electrons. The van der Waals surface area contributed by atoms with E-state index in [0.29, 0.717) is 6.42 Å². The van der Waals surface area contributed by atoms with Gasteiger partial charge in [0.2, 0.25) is 23.6 Å². The summed E-state index contributed by atoms with van der Waals surface area (Å²) in [6.45, 7) is 25.0. The van der Waals surface area contributed by atoms with Gasteiger partial charge in [0.15, 0.2) is 17.6 Å². The molecule has 0 aliphatic carbocycles. The van der Waals surface area contributed by atoms with Gasteiger partial charge in [0.25, 0.3) is 53.2 Å². The Morgan fingerprint density at radius 3 is 1.95 bits per heavy atom. The number of aromatic nitrogens is 6. The molecular weight excluding hydrogens is 1180 g/mol. The lowest BCUT2D eigenvalue weighted by Gasteiger charge is -2.20. The molecule has 6 aromatic heterocycles. The summed E-state index contributed by atoms with van der Waals surface area (Å²) in [6.07, 6.45) is 1.55. The summed E-state index contributed by atoms with van der Waals surface area (Å²) >= 11 is 1.86. The smallest absolute Gasteiger partial charge is 0.278 e. The SMILES string of the molecule is C=C(NC(=O)C(=C)NC(=O)C(=C)NC(=O)c1ccc2c(n1)-c1coc(n1)C(=C)NC(=O)C(=C)NC(=O)c1nc(oc1C)/C(=C/C)NC(=O)c1csc(n1)C(OC)NC(=O)c1nc(oc1C)/C(=C/CC)NC(=O)[C@@H]([C@H](C)O)NC(=O)c1csc-2n1)C(N)=O. The van der Waals surface area contributed by atoms with E-state index < -0.39 is 100 Å². The van der Waals surface area contributed by atoms with E-state index in [4.69, 9.17) is 23.7 Å². The molecule has 12 N–H and O–H groups in total. The Balaban J connectivity index is 1.22. The zero-order valence-corrected chi connectivity index (χ0v) is 48.4. The minimum absolute atomic E-state index is 0.00747. The summed E-state index contributed by atoms with van der Waals surface area (Å²) in [5.74, 6) is -10.5. The summed E-state index contributed by atoms with van der Waals surface area (Å²) in [7, 11) is 1.28. The van der Waals surface area contributed by atoms with E-state index in [1.165, 1.54) is 62.9 Å². The van der Waals surface area contributed by atoms with E-state index in [1.54, 1.807) is 13.8 Å². The van der Waals surface area contributed by atoms with Gasteiger partial charge < -0.3 is 76.7 Å². The number of nitrogens with zero attached hydrogens (tertiary/aromatic N) is 6. The summed E-state index contributed by atoms with van der Waals surface area (Å²) in [5.41, 5.74) is 1.07. The predicted molar refractivity (Wildman–Crippen MR) is 307 cm³/mol. The fraction of sp³-hybridized carbons (Fsp3) is 0.185. The fourth-order valence-corrected chi connectivity index (χ4v) is 8.97. The van der Waals surface area contributed by atoms with E-state index in [0.717, 1.165) is 28.9 Å². The molecule has 1 aliphatic rings. The molecule has 3 atom stereocenters. The fourth-order valence-electron chi connectivity index (χ4n) is 7.32. The highest BCUT2D eigenvalue weighted by Gasteiger charge is 2.32. The number of fused-ring (bicyclic) bond motifs is 13. The standard InChI is InChI=1S/C54H52N16O15S2/c1-12-14-31-51-69-37(27(10)85-51)48(81)70-52(82-11)54-66-33(19-87-54)44(77)62-29(13-2)50-68-36(26(9)84-50)47(80)59-23(6)42(75)60-24(7)49-64-32(17-83-49)38-28(53-65-34(18-86-53)45(78)67-35(25(8)71)46(79)63-31)15-16-30(61-38)43(76)58-22(5)41(74)57-21(4)40(73)56-20(3)39(55)72/h13-19,25,35,52,71H,3-7,12H2,1-2,8-11H3,(H2,55,72)(H,56,73)(H,57,74)(H,58,76)(H,59,80)(H,60,75)(H,62,77)(H,63,79)(H,67,78)(H,70,81)/b29-13-,31-14-/t25-,35+,52?/m0/s1. The molecule has 0 aromatic carbocycles. The topological polar surface area (TPSA) is 451 Å². The van der Waals surface area contributed by atoms with Gasteiger partial charge in [-0.15, -0.1) is 22.7 Å². The van der Waals surface area contributed by atoms with Gasteiger partial charge in [0.05, 0.1) is 34.6 Å². The normalized spacial score (nSPS) is 16.7. The lowest BCUT2D eigenvalue weighted by Crippen LogP contribution is -2.52. The second kappa shape index (κ2) is 27.0. The number of aliphatic hydroxyl groups is 1. The lowest BCUT2D eigenvalue weighted by atomic mass is 10.1. The molecule has 450 valence electrons. The van der Waals surface area contributed by atoms with Crippen molar-refractivity contribution >= 4 is 98.8 Å². The number of aliphatic hydroxyl groups excluding tert-OH is 1. The van der Waals surface area contributed by atoms with Crippen LogP contribution in [-0.4, -0.2) is 113 Å². The third-order valence-corrected chi connectivity index (χ3v) is 13.5. The zero-order chi connectivity index (χ0) is 63.7. The summed E-state index contributed by atoms with van der Waals surface area (Å²) in [4.78, 5) is 159. The quantitative estimate of drug-likeness (QED) is 0.0875. The number of nitrogens with two attached hydrogens (primary N) is 1. The zero-order valence-electron chi connectivity index (χ0n) is 46.8. The number of nitrogens with one attached hydrogen (secondary N) is 9. The maximum Gasteiger partial charge on any atom is 0.278 e. The van der Waals surface area contributed by atoms with E-state index in [9.17, 15) is 53.1 Å². The second-order valence-corrected chi connectivity index (χ2v) is 19.8. The Kier molecular flexibility index (Phi) is 19.7. The molecule has 10 bridgehead atoms. The first-order valence-electron chi connectivity index (χ1n) is 25.2. The molecule has 6 aromatic rings. The molecule has 7 rings (SSSR count). The van der Waals surface area contributed by atoms with Crippen LogP contribution in [0.15, 0.2) is 110 Å². The molecule has 7 heterocycles. The number of methoxy groups -OCH3 is 1. The van der Waals surface area contributed by atoms with Gasteiger partial charge >= 0.3 is 0 Å². The van der Waals surface area contributed by atoms with Gasteiger partial charge in [-0.1, -0.05) is 52.0 Å². The van der Waals surface area contributed by atoms with Crippen molar-refractivity contribution in [2.24, 2.45) is 5.73 Å². The first-order valence-corrected chi connectivity index (χ1v) is 26.9. The highest BCUT2D eigenvalue weighted by molar-refractivity contribution is 7.13. The first-order chi connectivity index (χ1) is 41.2. The van der Waals surface area contributed by atoms with Gasteiger partial charge in [-0.25, -0.2) is 29.9 Å². The maximum atomic E-state index is 14.0. The number of thiazole rings is 2. The predicted octanol–water partition coefficient (Wildman–Crippen LogP) is 2.15. The Morgan fingerprint density at radius 2 is 1.32 bits per heavy atom. The summed E-state index contributed by atoms with van der Waals surface area (Å²) in [5, 5.41) is 35.2. The Hall–Kier alpha value is -11.2. The van der Waals surface area contributed by atoms with Crippen LogP contribution in [0.3, 0.4) is 0 Å². The number of carbonyl (C=O) groups is 10. The molecule has 0 saturated heterocycles. The van der Waals surface area contributed by atoms with Crippen molar-refractivity contribution in [1.29, 1.82) is 0 Å². The number of hydrogen-bond donors (Lipinski definition) is 11. The van der Waals surface area contributed by atoms with Crippen LogP contribution in [-0.2, 0) is 28.7 Å². The Morgan fingerprint density at radius 1 is 0.713 bits per heavy atom. The van der Waals surface area contributed by atoms with Crippen molar-refractivity contribution in [2.75, 3.05) is 7.11 Å². The van der Waals surface area contributed by atoms with Gasteiger partial charge in [-0.2, -0.15) is 0 Å². The van der Waals surface area contributed by atoms with Gasteiger partial charge in [-0.3, -0.25) is 47.9 Å². The van der Waals surface area contributed by atoms with Crippen LogP contribution in [0.2, 0.25) is 0 Å². The molecule has 0 spiro atoms. The number of carbonyl (C=O) groups excluding carboxylic acids is 10. The number of oxazole rings is 3. The number of rotatable bonds is 10. The molecule has 1 aliphatic heterocycles. The molecule has 0 fully saturated rings. The van der Waals surface area contributed by atoms with Crippen molar-refractivity contribution < 1.29 is 71.0 Å². The van der Waals surface area contributed by atoms with E-state index in [1.807, 2.05) is 5.32 Å². The van der Waals surface area contributed by atoms with Crippen molar-refractivity contribution in [3.63, 3.8) is 0 Å². The van der Waals surface area contributed by atoms with Crippen LogP contribution in [0.1, 0.15) is 120 Å². The van der Waals surface area contributed by atoms with Crippen molar-refractivity contribution in [2.45, 2.75) is 59.4 Å². The van der Waals surface area contributed by atoms with Crippen LogP contribution in [0, 0.1) is 13.8 Å². The number of ether oxygens (including phenoxy) is 1. The molecule has 87 heavy (non-hydrogen) atoms. The third kappa shape index (κ3) is 14.8. The third-order valence-electron chi connectivity index (χ3n) is 11.8. The van der Waals surface area contributed by atoms with E-state index in [-0.39, 0.29) is 102 Å². The van der Waals surface area contributed by atoms with Crippen LogP contribution in [0.4, 0.5) is 0 Å². The summed E-state index contributed by atoms with van der Waals surface area (Å²) < 4.78 is 22.8. The Labute approximate surface area is 499 Å². The summed E-state index contributed by atoms with van der Waals surface area (Å²) in [6, 6.07) is 0.899. The molecule has 0 saturated carbocycles.